The number of hydrogen-bond acceptors (Lipinski definition) is 3. The Hall–Kier alpha value is -1.25. The molecule has 0 unspecified atom stereocenters. The molecule has 0 saturated carbocycles. The molecule has 1 N–H and O–H groups in total. The lowest BCUT2D eigenvalue weighted by molar-refractivity contribution is -0.120. The lowest BCUT2D eigenvalue weighted by Crippen LogP contribution is -2.30. The van der Waals surface area contributed by atoms with Crippen LogP contribution in [0.4, 0.5) is 0 Å². The van der Waals surface area contributed by atoms with E-state index in [1.807, 2.05) is 31.2 Å². The first kappa shape index (κ1) is 14.2. The summed E-state index contributed by atoms with van der Waals surface area (Å²) in [7, 11) is 0. The van der Waals surface area contributed by atoms with E-state index in [4.69, 9.17) is 0 Å². The average Bonchev–Trinajstić information content (AvgIpc) is 2.38. The van der Waals surface area contributed by atoms with Crippen molar-refractivity contribution in [2.45, 2.75) is 19.3 Å². The SMILES string of the molecule is CCSC1=C(C#N)[C@@H](c2cccc(Br)c2)CC(=O)N1. The number of amides is 1. The first-order valence-corrected chi connectivity index (χ1v) is 7.76. The van der Waals surface area contributed by atoms with E-state index in [1.165, 1.54) is 11.8 Å². The van der Waals surface area contributed by atoms with Crippen LogP contribution in [0.3, 0.4) is 0 Å². The summed E-state index contributed by atoms with van der Waals surface area (Å²) in [6, 6.07) is 10.0. The summed E-state index contributed by atoms with van der Waals surface area (Å²) in [5.41, 5.74) is 1.65. The highest BCUT2D eigenvalue weighted by Gasteiger charge is 2.29. The number of allylic oxidation sites excluding steroid dienone is 1. The monoisotopic (exact) mass is 336 g/mol. The summed E-state index contributed by atoms with van der Waals surface area (Å²) < 4.78 is 0.956. The molecule has 0 radical (unpaired) electrons. The largest absolute Gasteiger partial charge is 0.320 e. The maximum absolute atomic E-state index is 11.8. The van der Waals surface area contributed by atoms with Gasteiger partial charge in [0, 0.05) is 16.8 Å². The van der Waals surface area contributed by atoms with Crippen LogP contribution in [0.15, 0.2) is 39.3 Å². The number of halogens is 1. The molecule has 3 nitrogen and oxygen atoms in total. The predicted molar refractivity (Wildman–Crippen MR) is 80.4 cm³/mol. The van der Waals surface area contributed by atoms with Gasteiger partial charge in [-0.15, -0.1) is 11.8 Å². The first-order valence-electron chi connectivity index (χ1n) is 5.98. The van der Waals surface area contributed by atoms with E-state index in [9.17, 15) is 10.1 Å². The fourth-order valence-corrected chi connectivity index (χ4v) is 3.32. The highest BCUT2D eigenvalue weighted by molar-refractivity contribution is 9.10. The standard InChI is InChI=1S/C14H13BrN2OS/c1-2-19-14-12(8-16)11(7-13(18)17-14)9-4-3-5-10(15)6-9/h3-6,11H,2,7H2,1H3,(H,17,18)/t11-/m1/s1. The van der Waals surface area contributed by atoms with Gasteiger partial charge in [0.15, 0.2) is 0 Å². The van der Waals surface area contributed by atoms with Crippen molar-refractivity contribution in [3.8, 4) is 6.07 Å². The fourth-order valence-electron chi connectivity index (χ4n) is 2.09. The molecule has 0 aliphatic carbocycles. The Labute approximate surface area is 125 Å². The van der Waals surface area contributed by atoms with Crippen molar-refractivity contribution in [1.82, 2.24) is 5.32 Å². The van der Waals surface area contributed by atoms with Crippen LogP contribution in [-0.2, 0) is 4.79 Å². The molecule has 1 aliphatic rings. The first-order chi connectivity index (χ1) is 9.15. The van der Waals surface area contributed by atoms with Gasteiger partial charge >= 0.3 is 0 Å². The number of nitriles is 1. The second-order valence-corrected chi connectivity index (χ2v) is 6.34. The maximum atomic E-state index is 11.8. The van der Waals surface area contributed by atoms with Crippen molar-refractivity contribution in [2.75, 3.05) is 5.75 Å². The summed E-state index contributed by atoms with van der Waals surface area (Å²) in [6.45, 7) is 2.00. The minimum absolute atomic E-state index is 0.0278. The van der Waals surface area contributed by atoms with Gasteiger partial charge in [-0.1, -0.05) is 35.0 Å². The van der Waals surface area contributed by atoms with Crippen LogP contribution in [0.2, 0.25) is 0 Å². The minimum Gasteiger partial charge on any atom is -0.320 e. The number of nitrogens with one attached hydrogen (secondary N) is 1. The van der Waals surface area contributed by atoms with Crippen LogP contribution < -0.4 is 5.32 Å². The van der Waals surface area contributed by atoms with E-state index in [1.54, 1.807) is 0 Å². The summed E-state index contributed by atoms with van der Waals surface area (Å²) in [6.07, 6.45) is 0.327. The van der Waals surface area contributed by atoms with Gasteiger partial charge in [-0.25, -0.2) is 0 Å². The van der Waals surface area contributed by atoms with Crippen LogP contribution >= 0.6 is 27.7 Å². The predicted octanol–water partition coefficient (Wildman–Crippen LogP) is 3.54. The maximum Gasteiger partial charge on any atom is 0.225 e. The zero-order chi connectivity index (χ0) is 13.8. The van der Waals surface area contributed by atoms with Crippen molar-refractivity contribution < 1.29 is 4.79 Å². The van der Waals surface area contributed by atoms with Crippen molar-refractivity contribution in [2.24, 2.45) is 0 Å². The normalized spacial score (nSPS) is 19.0. The van der Waals surface area contributed by atoms with E-state index in [0.29, 0.717) is 17.0 Å². The molecule has 5 heteroatoms. The lowest BCUT2D eigenvalue weighted by atomic mass is 9.87. The van der Waals surface area contributed by atoms with Gasteiger partial charge < -0.3 is 5.32 Å². The zero-order valence-corrected chi connectivity index (χ0v) is 12.8. The van der Waals surface area contributed by atoms with E-state index < -0.39 is 0 Å². The van der Waals surface area contributed by atoms with Gasteiger partial charge in [0.25, 0.3) is 0 Å². The Morgan fingerprint density at radius 2 is 2.37 bits per heavy atom. The van der Waals surface area contributed by atoms with Gasteiger partial charge in [-0.3, -0.25) is 4.79 Å². The molecule has 0 saturated heterocycles. The second kappa shape index (κ2) is 6.27. The number of rotatable bonds is 3. The highest BCUT2D eigenvalue weighted by Crippen LogP contribution is 2.36. The van der Waals surface area contributed by atoms with E-state index in [2.05, 4.69) is 27.3 Å². The molecule has 98 valence electrons. The third kappa shape index (κ3) is 3.20. The van der Waals surface area contributed by atoms with Crippen LogP contribution in [0.5, 0.6) is 0 Å². The van der Waals surface area contributed by atoms with Gasteiger partial charge in [0.2, 0.25) is 5.91 Å². The van der Waals surface area contributed by atoms with Crippen molar-refractivity contribution >= 4 is 33.6 Å². The zero-order valence-electron chi connectivity index (χ0n) is 10.4. The third-order valence-electron chi connectivity index (χ3n) is 2.90. The summed E-state index contributed by atoms with van der Waals surface area (Å²) >= 11 is 4.93. The minimum atomic E-state index is -0.148. The van der Waals surface area contributed by atoms with Crippen LogP contribution in [-0.4, -0.2) is 11.7 Å². The van der Waals surface area contributed by atoms with Crippen LogP contribution in [0.1, 0.15) is 24.8 Å². The van der Waals surface area contributed by atoms with Crippen molar-refractivity contribution in [1.29, 1.82) is 5.26 Å². The van der Waals surface area contributed by atoms with Gasteiger partial charge in [0.05, 0.1) is 16.7 Å². The fraction of sp³-hybridized carbons (Fsp3) is 0.286. The number of benzene rings is 1. The molecule has 0 spiro atoms. The Kier molecular flexibility index (Phi) is 4.67. The number of thioether (sulfide) groups is 1. The number of nitrogens with zero attached hydrogens (tertiary/aromatic N) is 1. The molecule has 1 aromatic rings. The molecule has 1 amide bonds. The van der Waals surface area contributed by atoms with Crippen molar-refractivity contribution in [3.63, 3.8) is 0 Å². The summed E-state index contributed by atoms with van der Waals surface area (Å²) in [4.78, 5) is 11.8. The molecule has 1 atom stereocenters. The Bertz CT molecular complexity index is 577. The van der Waals surface area contributed by atoms with Gasteiger partial charge in [-0.05, 0) is 23.4 Å². The third-order valence-corrected chi connectivity index (χ3v) is 4.29. The Morgan fingerprint density at radius 1 is 1.58 bits per heavy atom. The topological polar surface area (TPSA) is 52.9 Å². The van der Waals surface area contributed by atoms with E-state index in [0.717, 1.165) is 15.8 Å². The Balaban J connectivity index is 2.45. The van der Waals surface area contributed by atoms with Gasteiger partial charge in [0.1, 0.15) is 0 Å². The van der Waals surface area contributed by atoms with Crippen LogP contribution in [0.25, 0.3) is 0 Å². The number of carbonyl (C=O) groups excluding carboxylic acids is 1. The molecule has 0 bridgehead atoms. The Morgan fingerprint density at radius 3 is 3.00 bits per heavy atom. The molecule has 1 aromatic carbocycles. The number of carbonyl (C=O) groups is 1. The molecular formula is C14H13BrN2OS. The van der Waals surface area contributed by atoms with E-state index >= 15 is 0 Å². The molecule has 0 aromatic heterocycles. The summed E-state index contributed by atoms with van der Waals surface area (Å²) in [5.74, 6) is 0.650. The lowest BCUT2D eigenvalue weighted by Gasteiger charge is -2.25. The summed E-state index contributed by atoms with van der Waals surface area (Å²) in [5, 5.41) is 12.9. The molecule has 1 heterocycles. The smallest absolute Gasteiger partial charge is 0.225 e. The van der Waals surface area contributed by atoms with E-state index in [-0.39, 0.29) is 11.8 Å². The molecular weight excluding hydrogens is 324 g/mol. The van der Waals surface area contributed by atoms with Crippen molar-refractivity contribution in [3.05, 3.63) is 44.9 Å². The van der Waals surface area contributed by atoms with Gasteiger partial charge in [-0.2, -0.15) is 5.26 Å². The number of hydrogen-bond donors (Lipinski definition) is 1. The average molecular weight is 337 g/mol. The molecule has 2 rings (SSSR count). The molecule has 1 aliphatic heterocycles. The van der Waals surface area contributed by atoms with Crippen LogP contribution in [0, 0.1) is 11.3 Å². The second-order valence-electron chi connectivity index (χ2n) is 4.15. The quantitative estimate of drug-likeness (QED) is 0.918. The highest BCUT2D eigenvalue weighted by atomic mass is 79.9. The molecule has 19 heavy (non-hydrogen) atoms. The molecule has 0 fully saturated rings.